The number of aliphatic carboxylic acids is 1. The molecule has 1 heterocycles. The van der Waals surface area contributed by atoms with Gasteiger partial charge in [-0.1, -0.05) is 0 Å². The number of carbonyl (C=O) groups is 2. The molecule has 0 spiro atoms. The van der Waals surface area contributed by atoms with E-state index in [1.165, 1.54) is 12.4 Å². The fourth-order valence-corrected chi connectivity index (χ4v) is 1.24. The lowest BCUT2D eigenvalue weighted by molar-refractivity contribution is -0.140. The Hall–Kier alpha value is -1.75. The van der Waals surface area contributed by atoms with Crippen molar-refractivity contribution in [2.75, 3.05) is 6.54 Å². The molecule has 80 valence electrons. The molecule has 1 unspecified atom stereocenters. The zero-order chi connectivity index (χ0) is 11.3. The van der Waals surface area contributed by atoms with E-state index in [-0.39, 0.29) is 13.0 Å². The molecule has 0 fully saturated rings. The fraction of sp³-hybridized carbons (Fsp3) is 0.300. The Morgan fingerprint density at radius 1 is 1.53 bits per heavy atom. The summed E-state index contributed by atoms with van der Waals surface area (Å²) in [6, 6.07) is 3.14. The second-order valence-electron chi connectivity index (χ2n) is 3.07. The predicted octanol–water partition coefficient (Wildman–Crippen LogP) is 0.314. The Morgan fingerprint density at radius 3 is 2.73 bits per heavy atom. The van der Waals surface area contributed by atoms with Gasteiger partial charge in [-0.2, -0.15) is 0 Å². The average Bonchev–Trinajstić information content (AvgIpc) is 2.26. The molecular weight excluding hydrogens is 196 g/mol. The second kappa shape index (κ2) is 5.21. The predicted molar refractivity (Wildman–Crippen MR) is 53.4 cm³/mol. The van der Waals surface area contributed by atoms with Gasteiger partial charge >= 0.3 is 5.97 Å². The van der Waals surface area contributed by atoms with Crippen LogP contribution < -0.4 is 5.73 Å². The highest BCUT2D eigenvalue weighted by atomic mass is 16.4. The number of nitrogens with two attached hydrogens (primary N) is 1. The molecule has 0 saturated carbocycles. The molecule has 0 amide bonds. The summed E-state index contributed by atoms with van der Waals surface area (Å²) in [7, 11) is 0. The Morgan fingerprint density at radius 2 is 2.27 bits per heavy atom. The van der Waals surface area contributed by atoms with Gasteiger partial charge in [0.2, 0.25) is 0 Å². The number of carboxylic acids is 1. The highest BCUT2D eigenvalue weighted by molar-refractivity contribution is 6.07. The van der Waals surface area contributed by atoms with Crippen molar-refractivity contribution in [2.24, 2.45) is 11.7 Å². The molecule has 0 aromatic carbocycles. The van der Waals surface area contributed by atoms with Crippen LogP contribution in [-0.4, -0.2) is 28.4 Å². The van der Waals surface area contributed by atoms with Crippen molar-refractivity contribution in [1.82, 2.24) is 4.98 Å². The first-order valence-corrected chi connectivity index (χ1v) is 4.54. The van der Waals surface area contributed by atoms with Crippen LogP contribution in [0.4, 0.5) is 0 Å². The van der Waals surface area contributed by atoms with Crippen LogP contribution in [-0.2, 0) is 4.79 Å². The Balaban J connectivity index is 2.86. The van der Waals surface area contributed by atoms with Crippen LogP contribution in [0.25, 0.3) is 0 Å². The molecule has 3 N–H and O–H groups in total. The van der Waals surface area contributed by atoms with Crippen LogP contribution in [0.3, 0.4) is 0 Å². The number of carboxylic acid groups (broad SMARTS) is 1. The van der Waals surface area contributed by atoms with Gasteiger partial charge in [0.25, 0.3) is 0 Å². The van der Waals surface area contributed by atoms with Crippen LogP contribution in [0.2, 0.25) is 0 Å². The van der Waals surface area contributed by atoms with Crippen molar-refractivity contribution in [1.29, 1.82) is 0 Å². The maximum Gasteiger partial charge on any atom is 0.314 e. The Labute approximate surface area is 86.9 Å². The molecule has 5 nitrogen and oxygen atoms in total. The van der Waals surface area contributed by atoms with E-state index in [1.807, 2.05) is 0 Å². The molecule has 0 aliphatic heterocycles. The van der Waals surface area contributed by atoms with Gasteiger partial charge in [0.15, 0.2) is 5.78 Å². The number of rotatable bonds is 5. The number of carbonyl (C=O) groups excluding carboxylic acids is 1. The van der Waals surface area contributed by atoms with Gasteiger partial charge in [-0.3, -0.25) is 14.6 Å². The summed E-state index contributed by atoms with van der Waals surface area (Å²) in [4.78, 5) is 26.3. The first-order valence-electron chi connectivity index (χ1n) is 4.54. The summed E-state index contributed by atoms with van der Waals surface area (Å²) in [6.45, 7) is 0.170. The Kier molecular flexibility index (Phi) is 3.93. The van der Waals surface area contributed by atoms with Gasteiger partial charge < -0.3 is 10.8 Å². The van der Waals surface area contributed by atoms with E-state index in [0.29, 0.717) is 5.56 Å². The van der Waals surface area contributed by atoms with Crippen LogP contribution >= 0.6 is 0 Å². The molecular formula is C10H12N2O3. The summed E-state index contributed by atoms with van der Waals surface area (Å²) >= 11 is 0. The van der Waals surface area contributed by atoms with E-state index >= 15 is 0 Å². The minimum Gasteiger partial charge on any atom is -0.481 e. The number of nitrogens with zero attached hydrogens (tertiary/aromatic N) is 1. The topological polar surface area (TPSA) is 93.3 Å². The third kappa shape index (κ3) is 2.85. The lowest BCUT2D eigenvalue weighted by atomic mass is 9.96. The van der Waals surface area contributed by atoms with Crippen molar-refractivity contribution in [3.8, 4) is 0 Å². The van der Waals surface area contributed by atoms with Crippen molar-refractivity contribution in [3.63, 3.8) is 0 Å². The van der Waals surface area contributed by atoms with Gasteiger partial charge in [0.1, 0.15) is 5.92 Å². The Bertz CT molecular complexity index is 351. The molecule has 15 heavy (non-hydrogen) atoms. The second-order valence-corrected chi connectivity index (χ2v) is 3.07. The summed E-state index contributed by atoms with van der Waals surface area (Å²) in [5.41, 5.74) is 5.56. The monoisotopic (exact) mass is 208 g/mol. The largest absolute Gasteiger partial charge is 0.481 e. The SMILES string of the molecule is NCCC(C(=O)O)C(=O)c1cccnc1. The zero-order valence-electron chi connectivity index (χ0n) is 8.09. The molecule has 1 atom stereocenters. The smallest absolute Gasteiger partial charge is 0.314 e. The van der Waals surface area contributed by atoms with Gasteiger partial charge in [-0.15, -0.1) is 0 Å². The van der Waals surface area contributed by atoms with Gasteiger partial charge in [0, 0.05) is 18.0 Å². The van der Waals surface area contributed by atoms with Gasteiger partial charge in [-0.25, -0.2) is 0 Å². The average molecular weight is 208 g/mol. The third-order valence-electron chi connectivity index (χ3n) is 2.02. The van der Waals surface area contributed by atoms with Crippen molar-refractivity contribution in [2.45, 2.75) is 6.42 Å². The summed E-state index contributed by atoms with van der Waals surface area (Å²) in [6.07, 6.45) is 3.02. The molecule has 1 aromatic rings. The first-order chi connectivity index (χ1) is 7.16. The fourth-order valence-electron chi connectivity index (χ4n) is 1.24. The van der Waals surface area contributed by atoms with Crippen molar-refractivity contribution >= 4 is 11.8 Å². The number of Topliss-reactive ketones (excluding diaryl/α,β-unsaturated/α-hetero) is 1. The molecule has 0 aliphatic rings. The molecule has 0 saturated heterocycles. The first kappa shape index (κ1) is 11.3. The maximum absolute atomic E-state index is 11.7. The number of aromatic nitrogens is 1. The quantitative estimate of drug-likeness (QED) is 0.536. The molecule has 0 bridgehead atoms. The van der Waals surface area contributed by atoms with Crippen LogP contribution in [0.5, 0.6) is 0 Å². The van der Waals surface area contributed by atoms with E-state index in [1.54, 1.807) is 12.1 Å². The number of pyridine rings is 1. The molecule has 0 aliphatic carbocycles. The van der Waals surface area contributed by atoms with Gasteiger partial charge in [-0.05, 0) is 25.1 Å². The minimum atomic E-state index is -1.14. The number of ketones is 1. The molecule has 5 heteroatoms. The van der Waals surface area contributed by atoms with Crippen LogP contribution in [0.1, 0.15) is 16.8 Å². The molecule has 1 aromatic heterocycles. The highest BCUT2D eigenvalue weighted by Crippen LogP contribution is 2.11. The van der Waals surface area contributed by atoms with Crippen LogP contribution in [0, 0.1) is 5.92 Å². The third-order valence-corrected chi connectivity index (χ3v) is 2.02. The van der Waals surface area contributed by atoms with Crippen molar-refractivity contribution < 1.29 is 14.7 Å². The summed E-state index contributed by atoms with van der Waals surface area (Å²) in [5.74, 6) is -2.66. The van der Waals surface area contributed by atoms with E-state index in [2.05, 4.69) is 4.98 Å². The molecule has 1 rings (SSSR count). The van der Waals surface area contributed by atoms with E-state index < -0.39 is 17.7 Å². The lowest BCUT2D eigenvalue weighted by Gasteiger charge is -2.09. The number of hydrogen-bond acceptors (Lipinski definition) is 4. The van der Waals surface area contributed by atoms with Crippen molar-refractivity contribution in [3.05, 3.63) is 30.1 Å². The van der Waals surface area contributed by atoms with E-state index in [9.17, 15) is 9.59 Å². The van der Waals surface area contributed by atoms with E-state index in [4.69, 9.17) is 10.8 Å². The zero-order valence-corrected chi connectivity index (χ0v) is 8.09. The lowest BCUT2D eigenvalue weighted by Crippen LogP contribution is -2.26. The minimum absolute atomic E-state index is 0.142. The molecule has 0 radical (unpaired) electrons. The maximum atomic E-state index is 11.7. The van der Waals surface area contributed by atoms with E-state index in [0.717, 1.165) is 0 Å². The standard InChI is InChI=1S/C10H12N2O3/c11-4-3-8(10(14)15)9(13)7-2-1-5-12-6-7/h1-2,5-6,8H,3-4,11H2,(H,14,15). The van der Waals surface area contributed by atoms with Gasteiger partial charge in [0.05, 0.1) is 0 Å². The highest BCUT2D eigenvalue weighted by Gasteiger charge is 2.26. The van der Waals surface area contributed by atoms with Crippen LogP contribution in [0.15, 0.2) is 24.5 Å². The summed E-state index contributed by atoms with van der Waals surface area (Å²) in [5, 5.41) is 8.84. The normalized spacial score (nSPS) is 12.1. The summed E-state index contributed by atoms with van der Waals surface area (Å²) < 4.78 is 0. The number of hydrogen-bond donors (Lipinski definition) is 2.